The highest BCUT2D eigenvalue weighted by atomic mass is 32.2. The first kappa shape index (κ1) is 15.3. The summed E-state index contributed by atoms with van der Waals surface area (Å²) in [7, 11) is 0. The molecule has 0 bridgehead atoms. The van der Waals surface area contributed by atoms with Crippen LogP contribution in [0.2, 0.25) is 0 Å². The van der Waals surface area contributed by atoms with E-state index in [1.807, 2.05) is 4.68 Å². The lowest BCUT2D eigenvalue weighted by atomic mass is 10.1. The molecule has 1 aliphatic rings. The molecule has 122 valence electrons. The number of hydrogen-bond acceptors (Lipinski definition) is 3. The number of halogens is 2. The van der Waals surface area contributed by atoms with Crippen molar-refractivity contribution in [2.24, 2.45) is 0 Å². The van der Waals surface area contributed by atoms with E-state index in [-0.39, 0.29) is 11.6 Å². The maximum atomic E-state index is 13.2. The summed E-state index contributed by atoms with van der Waals surface area (Å²) in [6.07, 6.45) is 2.20. The van der Waals surface area contributed by atoms with E-state index >= 15 is 0 Å². The molecule has 0 N–H and O–H groups in total. The van der Waals surface area contributed by atoms with Crippen LogP contribution in [0.15, 0.2) is 53.4 Å². The Bertz CT molecular complexity index is 840. The third kappa shape index (κ3) is 3.19. The van der Waals surface area contributed by atoms with Crippen molar-refractivity contribution in [1.82, 2.24) is 15.0 Å². The smallest absolute Gasteiger partial charge is 0.123 e. The van der Waals surface area contributed by atoms with Gasteiger partial charge in [-0.05, 0) is 61.4 Å². The molecule has 3 nitrogen and oxygen atoms in total. The first-order valence-corrected chi connectivity index (χ1v) is 8.77. The Morgan fingerprint density at radius 2 is 1.58 bits per heavy atom. The highest BCUT2D eigenvalue weighted by Crippen LogP contribution is 2.39. The molecule has 0 unspecified atom stereocenters. The number of nitrogens with zero attached hydrogens (tertiary/aromatic N) is 3. The molecule has 0 amide bonds. The Hall–Kier alpha value is -2.21. The van der Waals surface area contributed by atoms with Gasteiger partial charge in [0.1, 0.15) is 17.3 Å². The van der Waals surface area contributed by atoms with E-state index in [1.54, 1.807) is 36.0 Å². The fraction of sp³-hybridized carbons (Fsp3) is 0.222. The Morgan fingerprint density at radius 1 is 0.958 bits per heavy atom. The molecule has 0 spiro atoms. The van der Waals surface area contributed by atoms with Crippen molar-refractivity contribution in [2.45, 2.75) is 29.5 Å². The van der Waals surface area contributed by atoms with Crippen LogP contribution >= 0.6 is 11.8 Å². The quantitative estimate of drug-likeness (QED) is 0.621. The van der Waals surface area contributed by atoms with Crippen LogP contribution in [-0.4, -0.2) is 15.0 Å². The molecule has 1 aromatic heterocycles. The lowest BCUT2D eigenvalue weighted by Crippen LogP contribution is -2.00. The first-order chi connectivity index (χ1) is 11.7. The average Bonchev–Trinajstić information content (AvgIpc) is 3.35. The van der Waals surface area contributed by atoms with Crippen molar-refractivity contribution < 1.29 is 8.78 Å². The van der Waals surface area contributed by atoms with Crippen LogP contribution < -0.4 is 0 Å². The van der Waals surface area contributed by atoms with Crippen molar-refractivity contribution in [2.75, 3.05) is 0 Å². The molecular weight excluding hydrogens is 328 g/mol. The molecule has 1 saturated carbocycles. The third-order valence-corrected chi connectivity index (χ3v) is 4.99. The van der Waals surface area contributed by atoms with E-state index in [0.29, 0.717) is 11.8 Å². The number of hydrogen-bond donors (Lipinski definition) is 0. The maximum absolute atomic E-state index is 13.2. The van der Waals surface area contributed by atoms with Gasteiger partial charge >= 0.3 is 0 Å². The van der Waals surface area contributed by atoms with Gasteiger partial charge in [0.15, 0.2) is 0 Å². The van der Waals surface area contributed by atoms with Gasteiger partial charge in [0, 0.05) is 16.2 Å². The molecule has 24 heavy (non-hydrogen) atoms. The van der Waals surface area contributed by atoms with Crippen LogP contribution in [0.25, 0.3) is 11.3 Å². The minimum absolute atomic E-state index is 0.244. The monoisotopic (exact) mass is 343 g/mol. The molecule has 3 aromatic rings. The fourth-order valence-electron chi connectivity index (χ4n) is 2.59. The molecule has 1 heterocycles. The summed E-state index contributed by atoms with van der Waals surface area (Å²) < 4.78 is 28.2. The SMILES string of the molecule is Fc1ccc(SCc2nnn(C3CC3)c2-c2ccc(F)cc2)cc1. The Kier molecular flexibility index (Phi) is 4.06. The van der Waals surface area contributed by atoms with Gasteiger partial charge in [0.2, 0.25) is 0 Å². The molecular formula is C18H15F2N3S. The van der Waals surface area contributed by atoms with Crippen molar-refractivity contribution in [3.05, 3.63) is 65.9 Å². The van der Waals surface area contributed by atoms with Crippen molar-refractivity contribution in [3.63, 3.8) is 0 Å². The van der Waals surface area contributed by atoms with E-state index in [4.69, 9.17) is 0 Å². The molecule has 6 heteroatoms. The summed E-state index contributed by atoms with van der Waals surface area (Å²) in [6, 6.07) is 13.2. The lowest BCUT2D eigenvalue weighted by molar-refractivity contribution is 0.615. The molecule has 2 aromatic carbocycles. The van der Waals surface area contributed by atoms with Crippen molar-refractivity contribution in [3.8, 4) is 11.3 Å². The van der Waals surface area contributed by atoms with E-state index < -0.39 is 0 Å². The van der Waals surface area contributed by atoms with Gasteiger partial charge in [-0.25, -0.2) is 13.5 Å². The normalized spacial score (nSPS) is 14.1. The Morgan fingerprint density at radius 3 is 2.21 bits per heavy atom. The van der Waals surface area contributed by atoms with E-state index in [9.17, 15) is 8.78 Å². The predicted molar refractivity (Wildman–Crippen MR) is 89.6 cm³/mol. The van der Waals surface area contributed by atoms with Crippen LogP contribution in [0.5, 0.6) is 0 Å². The summed E-state index contributed by atoms with van der Waals surface area (Å²) in [5, 5.41) is 8.64. The molecule has 0 aliphatic heterocycles. The minimum Gasteiger partial charge on any atom is -0.241 e. The van der Waals surface area contributed by atoms with E-state index in [1.165, 1.54) is 24.3 Å². The predicted octanol–water partition coefficient (Wildman–Crippen LogP) is 4.85. The van der Waals surface area contributed by atoms with Gasteiger partial charge in [-0.2, -0.15) is 0 Å². The minimum atomic E-state index is -0.258. The van der Waals surface area contributed by atoms with Crippen molar-refractivity contribution in [1.29, 1.82) is 0 Å². The van der Waals surface area contributed by atoms with Gasteiger partial charge in [0.25, 0.3) is 0 Å². The Labute approximate surface area is 142 Å². The first-order valence-electron chi connectivity index (χ1n) is 7.79. The topological polar surface area (TPSA) is 30.7 Å². The van der Waals surface area contributed by atoms with Gasteiger partial charge in [-0.3, -0.25) is 0 Å². The van der Waals surface area contributed by atoms with Crippen molar-refractivity contribution >= 4 is 11.8 Å². The van der Waals surface area contributed by atoms with Crippen LogP contribution in [0.4, 0.5) is 8.78 Å². The molecule has 1 aliphatic carbocycles. The zero-order valence-corrected chi connectivity index (χ0v) is 13.6. The summed E-state index contributed by atoms with van der Waals surface area (Å²) >= 11 is 1.58. The average molecular weight is 343 g/mol. The largest absolute Gasteiger partial charge is 0.241 e. The van der Waals surface area contributed by atoms with Crippen LogP contribution in [0.1, 0.15) is 24.6 Å². The van der Waals surface area contributed by atoms with Crippen LogP contribution in [0, 0.1) is 11.6 Å². The number of aromatic nitrogens is 3. The molecule has 4 rings (SSSR count). The van der Waals surface area contributed by atoms with Gasteiger partial charge in [-0.1, -0.05) is 5.21 Å². The third-order valence-electron chi connectivity index (χ3n) is 3.96. The summed E-state index contributed by atoms with van der Waals surface area (Å²) in [6.45, 7) is 0. The number of rotatable bonds is 5. The fourth-order valence-corrected chi connectivity index (χ4v) is 3.41. The van der Waals surface area contributed by atoms with Crippen LogP contribution in [0.3, 0.4) is 0 Å². The van der Waals surface area contributed by atoms with Gasteiger partial charge in [0.05, 0.1) is 11.7 Å². The second kappa shape index (κ2) is 6.36. The Balaban J connectivity index is 1.62. The summed E-state index contributed by atoms with van der Waals surface area (Å²) in [5.41, 5.74) is 2.73. The zero-order valence-electron chi connectivity index (χ0n) is 12.8. The molecule has 0 radical (unpaired) electrons. The molecule has 0 atom stereocenters. The zero-order chi connectivity index (χ0) is 16.5. The maximum Gasteiger partial charge on any atom is 0.123 e. The number of benzene rings is 2. The molecule has 0 saturated heterocycles. The summed E-state index contributed by atoms with van der Waals surface area (Å²) in [4.78, 5) is 0.974. The highest BCUT2D eigenvalue weighted by molar-refractivity contribution is 7.98. The van der Waals surface area contributed by atoms with E-state index in [2.05, 4.69) is 10.3 Å². The van der Waals surface area contributed by atoms with E-state index in [0.717, 1.165) is 34.7 Å². The molecule has 1 fully saturated rings. The lowest BCUT2D eigenvalue weighted by Gasteiger charge is -2.07. The second-order valence-corrected chi connectivity index (χ2v) is 6.86. The van der Waals surface area contributed by atoms with Gasteiger partial charge < -0.3 is 0 Å². The van der Waals surface area contributed by atoms with Crippen LogP contribution in [-0.2, 0) is 5.75 Å². The number of thioether (sulfide) groups is 1. The highest BCUT2D eigenvalue weighted by Gasteiger charge is 2.29. The summed E-state index contributed by atoms with van der Waals surface area (Å²) in [5.74, 6) is 0.128. The standard InChI is InChI=1S/C18H15F2N3S/c19-13-3-1-12(2-4-13)18-17(21-22-23(18)15-7-8-15)11-24-16-9-5-14(20)6-10-16/h1-6,9-10,15H,7-8,11H2. The van der Waals surface area contributed by atoms with Gasteiger partial charge in [-0.15, -0.1) is 16.9 Å². The second-order valence-electron chi connectivity index (χ2n) is 5.81.